The molecule has 0 fully saturated rings. The molecule has 0 saturated carbocycles. The van der Waals surface area contributed by atoms with Gasteiger partial charge in [0.25, 0.3) is 0 Å². The zero-order valence-corrected chi connectivity index (χ0v) is 31.4. The minimum absolute atomic E-state index is 0.897. The van der Waals surface area contributed by atoms with Crippen molar-refractivity contribution in [3.05, 3.63) is 176 Å². The smallest absolute Gasteiger partial charge is 0.137 e. The van der Waals surface area contributed by atoms with Crippen LogP contribution in [-0.2, 0) is 0 Å². The zero-order valence-electron chi connectivity index (χ0n) is 31.4. The van der Waals surface area contributed by atoms with Crippen LogP contribution in [0.15, 0.2) is 185 Å². The molecule has 0 atom stereocenters. The van der Waals surface area contributed by atoms with Gasteiger partial charge < -0.3 is 22.4 Å². The maximum absolute atomic E-state index is 6.48. The number of furan rings is 2. The van der Waals surface area contributed by atoms with Gasteiger partial charge in [0.2, 0.25) is 0 Å². The van der Waals surface area contributed by atoms with E-state index in [1.54, 1.807) is 0 Å². The molecule has 15 rings (SSSR count). The zero-order chi connectivity index (χ0) is 38.1. The molecule has 0 aliphatic carbocycles. The van der Waals surface area contributed by atoms with Crippen LogP contribution in [0.5, 0.6) is 0 Å². The number of fused-ring (bicyclic) bond motifs is 18. The molecular weight excluding hydrogens is 723 g/mol. The van der Waals surface area contributed by atoms with Crippen molar-refractivity contribution in [3.63, 3.8) is 0 Å². The molecule has 272 valence electrons. The third-order valence-electron chi connectivity index (χ3n) is 13.1. The molecule has 0 spiro atoms. The van der Waals surface area contributed by atoms with Crippen molar-refractivity contribution in [2.45, 2.75) is 0 Å². The Hall–Kier alpha value is -8.02. The molecule has 0 bridgehead atoms. The first-order valence-corrected chi connectivity index (χ1v) is 20.2. The maximum Gasteiger partial charge on any atom is 0.137 e. The lowest BCUT2D eigenvalue weighted by Crippen LogP contribution is -1.96. The monoisotopic (exact) mass is 751 g/mol. The number of nitrogens with zero attached hydrogens (tertiary/aromatic N) is 3. The lowest BCUT2D eigenvalue weighted by molar-refractivity contribution is 0.669. The van der Waals surface area contributed by atoms with E-state index in [-0.39, 0.29) is 0 Å². The molecule has 0 aliphatic rings. The van der Waals surface area contributed by atoms with Crippen LogP contribution in [0, 0.1) is 0 Å². The van der Waals surface area contributed by atoms with Gasteiger partial charge in [0.05, 0.1) is 50.0 Å². The molecule has 0 radical (unpaired) electrons. The average Bonchev–Trinajstić information content (AvgIpc) is 4.12. The van der Waals surface area contributed by atoms with Gasteiger partial charge in [-0.05, 0) is 60.7 Å². The Bertz CT molecular complexity index is 4050. The summed E-state index contributed by atoms with van der Waals surface area (Å²) in [4.78, 5) is 0. The molecule has 5 heteroatoms. The first-order chi connectivity index (χ1) is 29.3. The second-order valence-electron chi connectivity index (χ2n) is 16.0. The second-order valence-corrected chi connectivity index (χ2v) is 16.0. The third kappa shape index (κ3) is 3.63. The Labute approximate surface area is 334 Å². The summed E-state index contributed by atoms with van der Waals surface area (Å²) in [7, 11) is 0. The first kappa shape index (κ1) is 30.2. The van der Waals surface area contributed by atoms with Gasteiger partial charge in [-0.2, -0.15) is 0 Å². The number of hydrogen-bond donors (Lipinski definition) is 0. The molecule has 6 heterocycles. The normalized spacial score (nSPS) is 12.7. The number of hydrogen-bond acceptors (Lipinski definition) is 2. The number of rotatable bonds is 2. The van der Waals surface area contributed by atoms with E-state index in [0.29, 0.717) is 0 Å². The highest BCUT2D eigenvalue weighted by atomic mass is 16.3. The van der Waals surface area contributed by atoms with Crippen LogP contribution in [0.2, 0.25) is 0 Å². The lowest BCUT2D eigenvalue weighted by atomic mass is 10.1. The molecular formula is C54H29N3O2. The van der Waals surface area contributed by atoms with Gasteiger partial charge in [-0.15, -0.1) is 0 Å². The van der Waals surface area contributed by atoms with E-state index in [1.165, 1.54) is 70.7 Å². The number of benzene rings is 9. The summed E-state index contributed by atoms with van der Waals surface area (Å²) in [5.41, 5.74) is 14.1. The largest absolute Gasteiger partial charge is 0.456 e. The van der Waals surface area contributed by atoms with Gasteiger partial charge in [-0.25, -0.2) is 0 Å². The number of aromatic nitrogens is 3. The standard InChI is InChI=1S/C54H29N3O2/c1-5-18-40-30(12-1)36-26-38-32-14-3-7-24-48(32)58-50(38)28-46(36)55(40)42-20-10-22-44-52(42)34-16-9-17-35-53-43(21-11-23-45(53)57(44)54(34)35)56-41-19-6-2-13-31(41)37-27-39-33-15-4-8-25-49(33)59-51(39)29-47(37)56/h1-29H. The second kappa shape index (κ2) is 10.5. The molecule has 15 aromatic rings. The van der Waals surface area contributed by atoms with Crippen LogP contribution in [0.3, 0.4) is 0 Å². The topological polar surface area (TPSA) is 40.5 Å². The van der Waals surface area contributed by atoms with E-state index in [9.17, 15) is 0 Å². The molecule has 0 amide bonds. The van der Waals surface area contributed by atoms with Crippen LogP contribution in [0.4, 0.5) is 0 Å². The van der Waals surface area contributed by atoms with E-state index >= 15 is 0 Å². The van der Waals surface area contributed by atoms with Crippen molar-refractivity contribution in [2.75, 3.05) is 0 Å². The van der Waals surface area contributed by atoms with Crippen LogP contribution >= 0.6 is 0 Å². The molecule has 59 heavy (non-hydrogen) atoms. The van der Waals surface area contributed by atoms with Crippen molar-refractivity contribution in [3.8, 4) is 11.4 Å². The van der Waals surface area contributed by atoms with E-state index < -0.39 is 0 Å². The lowest BCUT2D eigenvalue weighted by Gasteiger charge is -2.12. The Morgan fingerprint density at radius 2 is 0.678 bits per heavy atom. The van der Waals surface area contributed by atoms with E-state index in [2.05, 4.69) is 177 Å². The highest BCUT2D eigenvalue weighted by Crippen LogP contribution is 2.47. The third-order valence-corrected chi connectivity index (χ3v) is 13.1. The summed E-state index contributed by atoms with van der Waals surface area (Å²) in [5, 5.41) is 14.4. The molecule has 0 unspecified atom stereocenters. The van der Waals surface area contributed by atoms with Crippen molar-refractivity contribution in [1.82, 2.24) is 13.5 Å². The van der Waals surface area contributed by atoms with E-state index in [4.69, 9.17) is 8.83 Å². The summed E-state index contributed by atoms with van der Waals surface area (Å²) >= 11 is 0. The Morgan fingerprint density at radius 1 is 0.271 bits per heavy atom. The molecule has 9 aromatic carbocycles. The summed E-state index contributed by atoms with van der Waals surface area (Å²) in [6.45, 7) is 0. The summed E-state index contributed by atoms with van der Waals surface area (Å²) in [6, 6.07) is 63.8. The Balaban J connectivity index is 1.05. The summed E-state index contributed by atoms with van der Waals surface area (Å²) in [6.07, 6.45) is 0. The van der Waals surface area contributed by atoms with Crippen LogP contribution in [0.25, 0.3) is 137 Å². The predicted octanol–water partition coefficient (Wildman–Crippen LogP) is 14.8. The van der Waals surface area contributed by atoms with Gasteiger partial charge in [-0.1, -0.05) is 103 Å². The summed E-state index contributed by atoms with van der Waals surface area (Å²) < 4.78 is 20.4. The Morgan fingerprint density at radius 3 is 1.19 bits per heavy atom. The quantitative estimate of drug-likeness (QED) is 0.176. The molecule has 6 aromatic heterocycles. The fourth-order valence-corrected chi connectivity index (χ4v) is 10.8. The fourth-order valence-electron chi connectivity index (χ4n) is 10.8. The van der Waals surface area contributed by atoms with Crippen molar-refractivity contribution < 1.29 is 8.83 Å². The van der Waals surface area contributed by atoms with Crippen LogP contribution in [0.1, 0.15) is 0 Å². The minimum Gasteiger partial charge on any atom is -0.456 e. The highest BCUT2D eigenvalue weighted by Gasteiger charge is 2.25. The Kier molecular flexibility index (Phi) is 5.36. The molecule has 5 nitrogen and oxygen atoms in total. The molecule has 0 saturated heterocycles. The van der Waals surface area contributed by atoms with Crippen molar-refractivity contribution >= 4 is 126 Å². The van der Waals surface area contributed by atoms with Gasteiger partial charge in [-0.3, -0.25) is 0 Å². The maximum atomic E-state index is 6.48. The molecule has 0 aliphatic heterocycles. The van der Waals surface area contributed by atoms with Gasteiger partial charge in [0.1, 0.15) is 22.3 Å². The van der Waals surface area contributed by atoms with E-state index in [0.717, 1.165) is 66.3 Å². The van der Waals surface area contributed by atoms with Crippen molar-refractivity contribution in [2.24, 2.45) is 0 Å². The van der Waals surface area contributed by atoms with E-state index in [1.807, 2.05) is 12.1 Å². The first-order valence-electron chi connectivity index (χ1n) is 20.2. The predicted molar refractivity (Wildman–Crippen MR) is 244 cm³/mol. The highest BCUT2D eigenvalue weighted by molar-refractivity contribution is 6.28. The molecule has 0 N–H and O–H groups in total. The van der Waals surface area contributed by atoms with Gasteiger partial charge in [0, 0.05) is 76.8 Å². The van der Waals surface area contributed by atoms with Crippen LogP contribution < -0.4 is 0 Å². The number of para-hydroxylation sites is 5. The van der Waals surface area contributed by atoms with Crippen LogP contribution in [-0.4, -0.2) is 13.5 Å². The minimum atomic E-state index is 0.897. The fraction of sp³-hybridized carbons (Fsp3) is 0. The SMILES string of the molecule is c1ccc2c(c1)oc1cc3c(cc12)c1ccccc1n3-c1cccc2c1c1cccc3c4c(-n5c6ccccc6c6cc7c(cc65)oc5ccccc57)cccc4n2c13. The van der Waals surface area contributed by atoms with Gasteiger partial charge >= 0.3 is 0 Å². The van der Waals surface area contributed by atoms with Gasteiger partial charge in [0.15, 0.2) is 0 Å². The van der Waals surface area contributed by atoms with Crippen molar-refractivity contribution in [1.29, 1.82) is 0 Å². The summed E-state index contributed by atoms with van der Waals surface area (Å²) in [5.74, 6) is 0. The average molecular weight is 752 g/mol.